The van der Waals surface area contributed by atoms with Gasteiger partial charge in [-0.25, -0.2) is 0 Å². The second-order valence-corrected chi connectivity index (χ2v) is 8.99. The van der Waals surface area contributed by atoms with Gasteiger partial charge in [0.2, 0.25) is 0 Å². The first-order valence-corrected chi connectivity index (χ1v) is 11.6. The molecule has 5 nitrogen and oxygen atoms in total. The van der Waals surface area contributed by atoms with Crippen LogP contribution in [0.4, 0.5) is 0 Å². The fraction of sp³-hybridized carbons (Fsp3) is 0.652. The molecule has 0 aromatic heterocycles. The van der Waals surface area contributed by atoms with Gasteiger partial charge in [0.1, 0.15) is 5.78 Å². The van der Waals surface area contributed by atoms with Crippen molar-refractivity contribution in [3.8, 4) is 0 Å². The molecule has 1 aliphatic rings. The molecule has 6 heteroatoms. The van der Waals surface area contributed by atoms with E-state index in [-0.39, 0.29) is 30.0 Å². The maximum atomic E-state index is 12.3. The van der Waals surface area contributed by atoms with Gasteiger partial charge in [-0.3, -0.25) is 9.59 Å². The minimum atomic E-state index is -0.583. The first kappa shape index (κ1) is 23.9. The summed E-state index contributed by atoms with van der Waals surface area (Å²) in [5.41, 5.74) is 0. The van der Waals surface area contributed by atoms with Gasteiger partial charge < -0.3 is 14.9 Å². The van der Waals surface area contributed by atoms with Crippen molar-refractivity contribution >= 4 is 23.5 Å². The molecule has 4 atom stereocenters. The number of ketones is 1. The number of thioether (sulfide) groups is 1. The molecule has 0 amide bonds. The molecule has 1 aromatic rings. The summed E-state index contributed by atoms with van der Waals surface area (Å²) >= 11 is 1.63. The number of aliphatic hydroxyl groups excluding tert-OH is 2. The Morgan fingerprint density at radius 3 is 2.62 bits per heavy atom. The Kier molecular flexibility index (Phi) is 10.7. The van der Waals surface area contributed by atoms with E-state index in [9.17, 15) is 19.8 Å². The van der Waals surface area contributed by atoms with Crippen molar-refractivity contribution in [2.75, 3.05) is 12.9 Å². The molecule has 1 fully saturated rings. The van der Waals surface area contributed by atoms with Gasteiger partial charge in [-0.1, -0.05) is 37.5 Å². The highest BCUT2D eigenvalue weighted by Crippen LogP contribution is 2.36. The minimum Gasteiger partial charge on any atom is -0.469 e. The predicted molar refractivity (Wildman–Crippen MR) is 115 cm³/mol. The highest BCUT2D eigenvalue weighted by Gasteiger charge is 2.40. The summed E-state index contributed by atoms with van der Waals surface area (Å²) in [5.74, 6) is 0.452. The van der Waals surface area contributed by atoms with Gasteiger partial charge in [-0.2, -0.15) is 0 Å². The molecule has 0 aliphatic heterocycles. The van der Waals surface area contributed by atoms with Crippen molar-refractivity contribution in [3.05, 3.63) is 30.3 Å². The van der Waals surface area contributed by atoms with Gasteiger partial charge in [0.25, 0.3) is 0 Å². The monoisotopic (exact) mass is 422 g/mol. The van der Waals surface area contributed by atoms with E-state index < -0.39 is 12.2 Å². The summed E-state index contributed by atoms with van der Waals surface area (Å²) in [4.78, 5) is 24.6. The standard InChI is InChI=1S/C23H34O5S/c1-28-23(27)12-8-3-2-7-11-19-20(22(26)15-21(19)25)14-13-17(24)16-29-18-9-5-4-6-10-18/h4-6,9-10,17,19-20,22,24,26H,2-3,7-8,11-16H2,1H3/t17?,19?,20-,22-/m1/s1. The van der Waals surface area contributed by atoms with Crippen molar-refractivity contribution < 1.29 is 24.5 Å². The smallest absolute Gasteiger partial charge is 0.305 e. The number of methoxy groups -OCH3 is 1. The molecule has 1 aromatic carbocycles. The highest BCUT2D eigenvalue weighted by atomic mass is 32.2. The number of carbonyl (C=O) groups excluding carboxylic acids is 2. The number of esters is 1. The van der Waals surface area contributed by atoms with Gasteiger partial charge in [-0.15, -0.1) is 11.8 Å². The van der Waals surface area contributed by atoms with Crippen LogP contribution >= 0.6 is 11.8 Å². The van der Waals surface area contributed by atoms with Crippen LogP contribution in [0.3, 0.4) is 0 Å². The third kappa shape index (κ3) is 8.49. The van der Waals surface area contributed by atoms with Crippen molar-refractivity contribution in [1.82, 2.24) is 0 Å². The molecule has 0 radical (unpaired) electrons. The number of hydrogen-bond donors (Lipinski definition) is 2. The lowest BCUT2D eigenvalue weighted by atomic mass is 9.85. The van der Waals surface area contributed by atoms with E-state index in [1.54, 1.807) is 11.8 Å². The van der Waals surface area contributed by atoms with Gasteiger partial charge in [0.05, 0.1) is 19.3 Å². The van der Waals surface area contributed by atoms with E-state index in [1.165, 1.54) is 7.11 Å². The highest BCUT2D eigenvalue weighted by molar-refractivity contribution is 7.99. The second kappa shape index (κ2) is 13.0. The Labute approximate surface area is 178 Å². The second-order valence-electron chi connectivity index (χ2n) is 7.89. The Bertz CT molecular complexity index is 621. The molecule has 2 rings (SSSR count). The Morgan fingerprint density at radius 2 is 1.90 bits per heavy atom. The largest absolute Gasteiger partial charge is 0.469 e. The molecule has 29 heavy (non-hydrogen) atoms. The molecule has 162 valence electrons. The topological polar surface area (TPSA) is 83.8 Å². The van der Waals surface area contributed by atoms with Crippen LogP contribution in [0.5, 0.6) is 0 Å². The van der Waals surface area contributed by atoms with E-state index in [0.717, 1.165) is 37.0 Å². The van der Waals surface area contributed by atoms with Crippen molar-refractivity contribution in [3.63, 3.8) is 0 Å². The van der Waals surface area contributed by atoms with Crippen LogP contribution in [0, 0.1) is 11.8 Å². The van der Waals surface area contributed by atoms with Crippen LogP contribution in [0.2, 0.25) is 0 Å². The lowest BCUT2D eigenvalue weighted by Crippen LogP contribution is -2.23. The van der Waals surface area contributed by atoms with Crippen molar-refractivity contribution in [2.24, 2.45) is 11.8 Å². The summed E-state index contributed by atoms with van der Waals surface area (Å²) in [6.07, 6.45) is 5.37. The Hall–Kier alpha value is -1.37. The van der Waals surface area contributed by atoms with E-state index in [1.807, 2.05) is 30.3 Å². The predicted octanol–water partition coefficient (Wildman–Crippen LogP) is 4.00. The van der Waals surface area contributed by atoms with E-state index >= 15 is 0 Å². The number of unbranched alkanes of at least 4 members (excludes halogenated alkanes) is 3. The molecule has 0 saturated heterocycles. The fourth-order valence-electron chi connectivity index (χ4n) is 4.05. The molecular weight excluding hydrogens is 388 g/mol. The number of ether oxygens (including phenoxy) is 1. The lowest BCUT2D eigenvalue weighted by Gasteiger charge is -2.22. The number of aliphatic hydroxyl groups is 2. The van der Waals surface area contributed by atoms with Gasteiger partial charge >= 0.3 is 5.97 Å². The molecular formula is C23H34O5S. The molecule has 1 aliphatic carbocycles. The quantitative estimate of drug-likeness (QED) is 0.284. The normalized spacial score (nSPS) is 22.6. The van der Waals surface area contributed by atoms with Crippen LogP contribution in [-0.2, 0) is 14.3 Å². The van der Waals surface area contributed by atoms with Crippen LogP contribution < -0.4 is 0 Å². The summed E-state index contributed by atoms with van der Waals surface area (Å²) in [5, 5.41) is 20.6. The lowest BCUT2D eigenvalue weighted by molar-refractivity contribution is -0.140. The molecule has 1 saturated carbocycles. The zero-order chi connectivity index (χ0) is 21.1. The maximum Gasteiger partial charge on any atom is 0.305 e. The number of benzene rings is 1. The number of Topliss-reactive ketones (excluding diaryl/α,β-unsaturated/α-hetero) is 1. The Balaban J connectivity index is 1.68. The zero-order valence-electron chi connectivity index (χ0n) is 17.3. The number of rotatable bonds is 13. The zero-order valence-corrected chi connectivity index (χ0v) is 18.1. The molecule has 0 heterocycles. The summed E-state index contributed by atoms with van der Waals surface area (Å²) < 4.78 is 4.63. The number of hydrogen-bond acceptors (Lipinski definition) is 6. The summed E-state index contributed by atoms with van der Waals surface area (Å²) in [7, 11) is 1.40. The minimum absolute atomic E-state index is 0.0473. The van der Waals surface area contributed by atoms with E-state index in [4.69, 9.17) is 0 Å². The van der Waals surface area contributed by atoms with E-state index in [2.05, 4.69) is 4.74 Å². The van der Waals surface area contributed by atoms with Gasteiger partial charge in [0, 0.05) is 29.4 Å². The van der Waals surface area contributed by atoms with Crippen LogP contribution in [-0.4, -0.2) is 47.0 Å². The first-order chi connectivity index (χ1) is 14.0. The fourth-order valence-corrected chi connectivity index (χ4v) is 4.95. The maximum absolute atomic E-state index is 12.3. The van der Waals surface area contributed by atoms with Crippen LogP contribution in [0.15, 0.2) is 35.2 Å². The Morgan fingerprint density at radius 1 is 1.17 bits per heavy atom. The summed E-state index contributed by atoms with van der Waals surface area (Å²) in [6.45, 7) is 0. The molecule has 0 bridgehead atoms. The number of carbonyl (C=O) groups is 2. The van der Waals surface area contributed by atoms with Crippen molar-refractivity contribution in [1.29, 1.82) is 0 Å². The van der Waals surface area contributed by atoms with E-state index in [0.29, 0.717) is 25.0 Å². The molecule has 2 unspecified atom stereocenters. The van der Waals surface area contributed by atoms with Crippen LogP contribution in [0.25, 0.3) is 0 Å². The third-order valence-electron chi connectivity index (χ3n) is 5.73. The SMILES string of the molecule is COC(=O)CCCCCCC1C(=O)C[C@@H](O)[C@@H]1CCC(O)CSc1ccccc1. The van der Waals surface area contributed by atoms with Gasteiger partial charge in [0.15, 0.2) is 0 Å². The van der Waals surface area contributed by atoms with Crippen molar-refractivity contribution in [2.45, 2.75) is 74.9 Å². The average Bonchev–Trinajstić information content (AvgIpc) is 3.00. The first-order valence-electron chi connectivity index (χ1n) is 10.6. The summed E-state index contributed by atoms with van der Waals surface area (Å²) in [6, 6.07) is 9.98. The molecule has 2 N–H and O–H groups in total. The van der Waals surface area contributed by atoms with Crippen LogP contribution in [0.1, 0.15) is 57.8 Å². The average molecular weight is 423 g/mol. The van der Waals surface area contributed by atoms with Gasteiger partial charge in [-0.05, 0) is 43.7 Å². The molecule has 0 spiro atoms. The third-order valence-corrected chi connectivity index (χ3v) is 6.88.